The Kier molecular flexibility index (Phi) is 4.69. The molecule has 1 fully saturated rings. The fourth-order valence-corrected chi connectivity index (χ4v) is 3.01. The molecule has 0 bridgehead atoms. The molecular weight excluding hydrogens is 320 g/mol. The molecule has 3 rings (SSSR count). The highest BCUT2D eigenvalue weighted by Crippen LogP contribution is 2.21. The Bertz CT molecular complexity index is 782. The Labute approximate surface area is 146 Å². The first-order valence-electron chi connectivity index (χ1n) is 8.58. The van der Waals surface area contributed by atoms with Gasteiger partial charge in [0.25, 0.3) is 11.5 Å². The predicted octanol–water partition coefficient (Wildman–Crippen LogP) is 1.21. The fourth-order valence-electron chi connectivity index (χ4n) is 3.01. The summed E-state index contributed by atoms with van der Waals surface area (Å²) in [7, 11) is 0. The van der Waals surface area contributed by atoms with Gasteiger partial charge in [0.1, 0.15) is 0 Å². The molecular formula is C17H24N6O2. The molecule has 0 saturated carbocycles. The maximum atomic E-state index is 12.3. The lowest BCUT2D eigenvalue weighted by Crippen LogP contribution is -2.40. The van der Waals surface area contributed by atoms with Crippen LogP contribution in [0.2, 0.25) is 0 Å². The van der Waals surface area contributed by atoms with E-state index in [9.17, 15) is 9.59 Å². The van der Waals surface area contributed by atoms with Crippen LogP contribution in [0.1, 0.15) is 49.8 Å². The molecule has 0 radical (unpaired) electrons. The molecule has 2 aromatic heterocycles. The van der Waals surface area contributed by atoms with Gasteiger partial charge in [0, 0.05) is 31.1 Å². The van der Waals surface area contributed by atoms with Crippen LogP contribution in [0.25, 0.3) is 0 Å². The van der Waals surface area contributed by atoms with Crippen molar-refractivity contribution in [2.45, 2.75) is 45.6 Å². The van der Waals surface area contributed by atoms with E-state index in [2.05, 4.69) is 41.3 Å². The number of piperidine rings is 1. The van der Waals surface area contributed by atoms with Crippen LogP contribution in [0.15, 0.2) is 23.1 Å². The summed E-state index contributed by atoms with van der Waals surface area (Å²) in [5.41, 5.74) is 1.08. The van der Waals surface area contributed by atoms with E-state index in [0.29, 0.717) is 31.2 Å². The molecule has 1 saturated heterocycles. The Morgan fingerprint density at radius 2 is 2.00 bits per heavy atom. The average molecular weight is 344 g/mol. The zero-order valence-electron chi connectivity index (χ0n) is 14.9. The Morgan fingerprint density at radius 3 is 2.60 bits per heavy atom. The summed E-state index contributed by atoms with van der Waals surface area (Å²) in [4.78, 5) is 26.2. The first-order valence-corrected chi connectivity index (χ1v) is 8.58. The van der Waals surface area contributed by atoms with Gasteiger partial charge in [0.15, 0.2) is 5.69 Å². The fraction of sp³-hybridized carbons (Fsp3) is 0.588. The number of hydrogen-bond donors (Lipinski definition) is 1. The molecule has 0 aromatic carbocycles. The summed E-state index contributed by atoms with van der Waals surface area (Å²) in [6.45, 7) is 8.15. The van der Waals surface area contributed by atoms with Gasteiger partial charge in [-0.15, -0.1) is 0 Å². The minimum absolute atomic E-state index is 0.0749. The molecule has 3 heterocycles. The molecule has 1 amide bonds. The highest BCUT2D eigenvalue weighted by atomic mass is 16.2. The summed E-state index contributed by atoms with van der Waals surface area (Å²) < 4.78 is 1.57. The van der Waals surface area contributed by atoms with E-state index in [0.717, 1.165) is 18.5 Å². The largest absolute Gasteiger partial charge is 0.337 e. The van der Waals surface area contributed by atoms with Crippen LogP contribution < -0.4 is 5.56 Å². The van der Waals surface area contributed by atoms with E-state index in [-0.39, 0.29) is 16.9 Å². The third-order valence-electron chi connectivity index (χ3n) is 4.60. The Morgan fingerprint density at radius 1 is 1.28 bits per heavy atom. The SMILES string of the molecule is CC(C)(C)c1ccc(=O)n(CC2CCN(C(=O)c3cn[nH]n3)CC2)n1. The zero-order chi connectivity index (χ0) is 18.0. The lowest BCUT2D eigenvalue weighted by atomic mass is 9.92. The molecule has 134 valence electrons. The van der Waals surface area contributed by atoms with Crippen LogP contribution in [-0.4, -0.2) is 49.1 Å². The maximum Gasteiger partial charge on any atom is 0.276 e. The van der Waals surface area contributed by atoms with Crippen molar-refractivity contribution >= 4 is 5.91 Å². The topological polar surface area (TPSA) is 96.8 Å². The van der Waals surface area contributed by atoms with E-state index in [4.69, 9.17) is 0 Å². The Balaban J connectivity index is 1.63. The van der Waals surface area contributed by atoms with Crippen LogP contribution in [0.3, 0.4) is 0 Å². The number of aromatic amines is 1. The van der Waals surface area contributed by atoms with Crippen LogP contribution in [0, 0.1) is 5.92 Å². The summed E-state index contributed by atoms with van der Waals surface area (Å²) in [6.07, 6.45) is 3.13. The number of nitrogens with one attached hydrogen (secondary N) is 1. The number of H-pyrrole nitrogens is 1. The maximum absolute atomic E-state index is 12.3. The van der Waals surface area contributed by atoms with Gasteiger partial charge in [-0.1, -0.05) is 20.8 Å². The highest BCUT2D eigenvalue weighted by molar-refractivity contribution is 5.91. The van der Waals surface area contributed by atoms with Gasteiger partial charge in [0.05, 0.1) is 11.9 Å². The van der Waals surface area contributed by atoms with Crippen molar-refractivity contribution in [2.24, 2.45) is 5.92 Å². The van der Waals surface area contributed by atoms with Crippen molar-refractivity contribution in [2.75, 3.05) is 13.1 Å². The summed E-state index contributed by atoms with van der Waals surface area (Å²) in [5, 5.41) is 14.5. The van der Waals surface area contributed by atoms with E-state index in [1.165, 1.54) is 6.20 Å². The van der Waals surface area contributed by atoms with Gasteiger partial charge < -0.3 is 4.90 Å². The standard InChI is InChI=1S/C17H24N6O2/c1-17(2,3)14-4-5-15(24)23(20-14)11-12-6-8-22(9-7-12)16(25)13-10-18-21-19-13/h4-5,10,12H,6-9,11H2,1-3H3,(H,18,19,21). The van der Waals surface area contributed by atoms with E-state index < -0.39 is 0 Å². The second-order valence-electron chi connectivity index (χ2n) is 7.58. The van der Waals surface area contributed by atoms with Crippen molar-refractivity contribution in [1.82, 2.24) is 30.1 Å². The number of hydrogen-bond acceptors (Lipinski definition) is 5. The number of carbonyl (C=O) groups is 1. The molecule has 1 N–H and O–H groups in total. The lowest BCUT2D eigenvalue weighted by Gasteiger charge is -2.31. The average Bonchev–Trinajstić information content (AvgIpc) is 3.10. The van der Waals surface area contributed by atoms with E-state index in [1.807, 2.05) is 0 Å². The van der Waals surface area contributed by atoms with Gasteiger partial charge >= 0.3 is 0 Å². The molecule has 0 spiro atoms. The molecule has 0 atom stereocenters. The molecule has 0 unspecified atom stereocenters. The van der Waals surface area contributed by atoms with E-state index >= 15 is 0 Å². The quantitative estimate of drug-likeness (QED) is 0.903. The van der Waals surface area contributed by atoms with Crippen molar-refractivity contribution in [3.8, 4) is 0 Å². The smallest absolute Gasteiger partial charge is 0.276 e. The summed E-state index contributed by atoms with van der Waals surface area (Å²) in [6, 6.07) is 3.40. The van der Waals surface area contributed by atoms with Gasteiger partial charge in [-0.25, -0.2) is 4.68 Å². The molecule has 1 aliphatic heterocycles. The van der Waals surface area contributed by atoms with Crippen LogP contribution >= 0.6 is 0 Å². The molecule has 1 aliphatic rings. The Hall–Kier alpha value is -2.51. The summed E-state index contributed by atoms with van der Waals surface area (Å²) >= 11 is 0. The number of amides is 1. The molecule has 8 nitrogen and oxygen atoms in total. The molecule has 8 heteroatoms. The van der Waals surface area contributed by atoms with Gasteiger partial charge in [-0.2, -0.15) is 20.5 Å². The number of nitrogens with zero attached hydrogens (tertiary/aromatic N) is 5. The minimum Gasteiger partial charge on any atom is -0.337 e. The second kappa shape index (κ2) is 6.78. The summed E-state index contributed by atoms with van der Waals surface area (Å²) in [5.74, 6) is 0.235. The highest BCUT2D eigenvalue weighted by Gasteiger charge is 2.26. The van der Waals surface area contributed by atoms with Crippen molar-refractivity contribution in [1.29, 1.82) is 0 Å². The molecule has 2 aromatic rings. The first-order chi connectivity index (χ1) is 11.8. The third kappa shape index (κ3) is 3.94. The normalized spacial score (nSPS) is 16.2. The van der Waals surface area contributed by atoms with Crippen LogP contribution in [0.5, 0.6) is 0 Å². The molecule has 0 aliphatic carbocycles. The number of aromatic nitrogens is 5. The number of rotatable bonds is 3. The number of likely N-dealkylation sites (tertiary alicyclic amines) is 1. The minimum atomic E-state index is -0.0998. The first kappa shape index (κ1) is 17.3. The lowest BCUT2D eigenvalue weighted by molar-refractivity contribution is 0.0674. The van der Waals surface area contributed by atoms with Gasteiger partial charge in [-0.3, -0.25) is 9.59 Å². The van der Waals surface area contributed by atoms with Crippen LogP contribution in [-0.2, 0) is 12.0 Å². The number of carbonyl (C=O) groups excluding carboxylic acids is 1. The monoisotopic (exact) mass is 344 g/mol. The van der Waals surface area contributed by atoms with Crippen molar-refractivity contribution < 1.29 is 4.79 Å². The van der Waals surface area contributed by atoms with Crippen LogP contribution in [0.4, 0.5) is 0 Å². The van der Waals surface area contributed by atoms with E-state index in [1.54, 1.807) is 21.7 Å². The van der Waals surface area contributed by atoms with Crippen molar-refractivity contribution in [3.63, 3.8) is 0 Å². The predicted molar refractivity (Wildman–Crippen MR) is 92.2 cm³/mol. The van der Waals surface area contributed by atoms with Gasteiger partial charge in [0.2, 0.25) is 0 Å². The van der Waals surface area contributed by atoms with Gasteiger partial charge in [-0.05, 0) is 24.8 Å². The third-order valence-corrected chi connectivity index (χ3v) is 4.60. The zero-order valence-corrected chi connectivity index (χ0v) is 14.9. The molecule has 25 heavy (non-hydrogen) atoms. The van der Waals surface area contributed by atoms with Crippen molar-refractivity contribution in [3.05, 3.63) is 40.1 Å². The second-order valence-corrected chi connectivity index (χ2v) is 7.58.